The van der Waals surface area contributed by atoms with Crippen molar-refractivity contribution >= 4 is 30.4 Å². The summed E-state index contributed by atoms with van der Waals surface area (Å²) < 4.78 is 16.2. The van der Waals surface area contributed by atoms with E-state index in [-0.39, 0.29) is 31.5 Å². The molecule has 0 spiro atoms. The van der Waals surface area contributed by atoms with Crippen molar-refractivity contribution in [1.29, 1.82) is 0 Å². The van der Waals surface area contributed by atoms with Gasteiger partial charge in [-0.3, -0.25) is 10.1 Å². The Bertz CT molecular complexity index is 784. The van der Waals surface area contributed by atoms with E-state index in [0.717, 1.165) is 5.56 Å². The molecule has 2 atom stereocenters. The molecule has 0 aliphatic rings. The number of hydrogen-bond donors (Lipinski definition) is 3. The summed E-state index contributed by atoms with van der Waals surface area (Å²) in [6.07, 6.45) is -0.632. The molecule has 0 aliphatic heterocycles. The third-order valence-electron chi connectivity index (χ3n) is 4.31. The molecule has 1 amide bonds. The fraction of sp³-hybridized carbons (Fsp3) is 0.364. The molecule has 0 aliphatic carbocycles. The summed E-state index contributed by atoms with van der Waals surface area (Å²) in [5, 5.41) is 11.6. The molecule has 2 N–H and O–H groups in total. The summed E-state index contributed by atoms with van der Waals surface area (Å²) >= 11 is 3.88. The lowest BCUT2D eigenvalue weighted by Gasteiger charge is -2.25. The number of thiol groups is 1. The van der Waals surface area contributed by atoms with E-state index in [4.69, 9.17) is 19.3 Å². The average molecular weight is 434 g/mol. The lowest BCUT2D eigenvalue weighted by Crippen LogP contribution is -2.23. The van der Waals surface area contributed by atoms with Gasteiger partial charge in [0, 0.05) is 11.6 Å². The highest BCUT2D eigenvalue weighted by molar-refractivity contribution is 7.81. The highest BCUT2D eigenvalue weighted by Crippen LogP contribution is 2.30. The van der Waals surface area contributed by atoms with E-state index >= 15 is 0 Å². The zero-order valence-corrected chi connectivity index (χ0v) is 17.7. The monoisotopic (exact) mass is 433 g/mol. The van der Waals surface area contributed by atoms with Crippen molar-refractivity contribution in [3.8, 4) is 5.75 Å². The molecule has 2 rings (SSSR count). The van der Waals surface area contributed by atoms with Gasteiger partial charge in [0.2, 0.25) is 0 Å². The summed E-state index contributed by atoms with van der Waals surface area (Å²) in [4.78, 5) is 23.8. The van der Waals surface area contributed by atoms with Crippen LogP contribution >= 0.6 is 12.6 Å². The van der Waals surface area contributed by atoms with Crippen molar-refractivity contribution in [2.75, 3.05) is 30.9 Å². The molecular weight excluding hydrogens is 406 g/mol. The Morgan fingerprint density at radius 1 is 1.07 bits per heavy atom. The van der Waals surface area contributed by atoms with Crippen molar-refractivity contribution < 1.29 is 28.9 Å². The van der Waals surface area contributed by atoms with Crippen molar-refractivity contribution in [3.63, 3.8) is 0 Å². The normalized spacial score (nSPS) is 12.5. The van der Waals surface area contributed by atoms with Crippen molar-refractivity contribution in [3.05, 3.63) is 60.2 Å². The fourth-order valence-electron chi connectivity index (χ4n) is 2.77. The Morgan fingerprint density at radius 3 is 2.40 bits per heavy atom. The molecule has 30 heavy (non-hydrogen) atoms. The van der Waals surface area contributed by atoms with E-state index < -0.39 is 18.2 Å². The van der Waals surface area contributed by atoms with Gasteiger partial charge in [-0.15, -0.1) is 0 Å². The summed E-state index contributed by atoms with van der Waals surface area (Å²) in [7, 11) is 0. The second kappa shape index (κ2) is 12.8. The minimum Gasteiger partial charge on any atom is -0.491 e. The number of anilines is 1. The Labute approximate surface area is 181 Å². The van der Waals surface area contributed by atoms with Crippen LogP contribution in [-0.4, -0.2) is 42.7 Å². The zero-order chi connectivity index (χ0) is 21.8. The maximum atomic E-state index is 12.5. The van der Waals surface area contributed by atoms with Gasteiger partial charge in [-0.2, -0.15) is 12.6 Å². The Kier molecular flexibility index (Phi) is 10.0. The van der Waals surface area contributed by atoms with Crippen LogP contribution in [0.25, 0.3) is 0 Å². The first-order chi connectivity index (χ1) is 14.5. The first-order valence-electron chi connectivity index (χ1n) is 9.66. The third kappa shape index (κ3) is 7.96. The van der Waals surface area contributed by atoms with Gasteiger partial charge < -0.3 is 19.3 Å². The molecule has 8 heteroatoms. The molecule has 0 saturated heterocycles. The van der Waals surface area contributed by atoms with Crippen LogP contribution in [0.4, 0.5) is 10.5 Å². The van der Waals surface area contributed by atoms with Gasteiger partial charge in [0.15, 0.2) is 0 Å². The number of rotatable bonds is 11. The number of nitrogens with one attached hydrogen (secondary N) is 1. The smallest absolute Gasteiger partial charge is 0.412 e. The number of aliphatic hydroxyl groups excluding tert-OH is 1. The van der Waals surface area contributed by atoms with E-state index in [0.29, 0.717) is 17.9 Å². The molecule has 2 aromatic carbocycles. The van der Waals surface area contributed by atoms with Crippen LogP contribution in [0.3, 0.4) is 0 Å². The first-order valence-corrected chi connectivity index (χ1v) is 10.3. The molecule has 0 fully saturated rings. The number of amides is 1. The molecule has 162 valence electrons. The molecule has 0 aromatic heterocycles. The third-order valence-corrected chi connectivity index (χ3v) is 4.56. The molecule has 0 unspecified atom stereocenters. The lowest BCUT2D eigenvalue weighted by atomic mass is 9.94. The number of carbonyl (C=O) groups excluding carboxylic acids is 2. The maximum absolute atomic E-state index is 12.5. The van der Waals surface area contributed by atoms with Crippen LogP contribution in [0.2, 0.25) is 0 Å². The van der Waals surface area contributed by atoms with E-state index in [1.807, 2.05) is 37.3 Å². The highest BCUT2D eigenvalue weighted by Gasteiger charge is 2.24. The van der Waals surface area contributed by atoms with E-state index in [1.54, 1.807) is 24.3 Å². The van der Waals surface area contributed by atoms with Gasteiger partial charge in [-0.25, -0.2) is 4.79 Å². The predicted octanol–water partition coefficient (Wildman–Crippen LogP) is 3.85. The van der Waals surface area contributed by atoms with E-state index in [2.05, 4.69) is 17.9 Å². The molecule has 0 saturated carbocycles. The van der Waals surface area contributed by atoms with Crippen molar-refractivity contribution in [2.45, 2.75) is 19.4 Å². The van der Waals surface area contributed by atoms with Crippen molar-refractivity contribution in [1.82, 2.24) is 0 Å². The SMILES string of the molecule is C[C@H](CCOC(=O)CS)[C@@H](OC(=O)Nc1ccccc1)c1ccc(OCCO)cc1. The van der Waals surface area contributed by atoms with Crippen molar-refractivity contribution in [2.24, 2.45) is 5.92 Å². The highest BCUT2D eigenvalue weighted by atomic mass is 32.1. The average Bonchev–Trinajstić information content (AvgIpc) is 2.77. The minimum atomic E-state index is -0.578. The topological polar surface area (TPSA) is 94.1 Å². The standard InChI is InChI=1S/C22H27NO6S/c1-16(11-13-28-20(25)15-30)21(17-7-9-19(10-8-17)27-14-12-24)29-22(26)23-18-5-3-2-4-6-18/h2-10,16,21,24,30H,11-15H2,1H3,(H,23,26)/t16-,21-/m1/s1. The summed E-state index contributed by atoms with van der Waals surface area (Å²) in [5.41, 5.74) is 1.41. The first kappa shape index (κ1) is 23.6. The van der Waals surface area contributed by atoms with Gasteiger partial charge in [-0.1, -0.05) is 37.3 Å². The van der Waals surface area contributed by atoms with Crippen LogP contribution in [0.15, 0.2) is 54.6 Å². The molecule has 0 heterocycles. The second-order valence-corrected chi connectivity index (χ2v) is 6.92. The van der Waals surface area contributed by atoms with Gasteiger partial charge in [0.05, 0.1) is 19.0 Å². The van der Waals surface area contributed by atoms with Crippen LogP contribution in [0, 0.1) is 5.92 Å². The number of carbonyl (C=O) groups is 2. The number of para-hydroxylation sites is 1. The van der Waals surface area contributed by atoms with Gasteiger partial charge in [0.25, 0.3) is 0 Å². The van der Waals surface area contributed by atoms with Crippen LogP contribution in [0.1, 0.15) is 25.0 Å². The summed E-state index contributed by atoms with van der Waals surface area (Å²) in [6, 6.07) is 16.1. The van der Waals surface area contributed by atoms with E-state index in [1.165, 1.54) is 0 Å². The van der Waals surface area contributed by atoms with Crippen LogP contribution < -0.4 is 10.1 Å². The van der Waals surface area contributed by atoms with E-state index in [9.17, 15) is 9.59 Å². The quantitative estimate of drug-likeness (QED) is 0.368. The van der Waals surface area contributed by atoms with Gasteiger partial charge in [-0.05, 0) is 36.2 Å². The Morgan fingerprint density at radius 2 is 1.77 bits per heavy atom. The fourth-order valence-corrected chi connectivity index (χ4v) is 2.86. The molecule has 0 bridgehead atoms. The van der Waals surface area contributed by atoms with Gasteiger partial charge in [0.1, 0.15) is 18.5 Å². The minimum absolute atomic E-state index is 0.0170. The maximum Gasteiger partial charge on any atom is 0.412 e. The van der Waals surface area contributed by atoms with Crippen LogP contribution in [0.5, 0.6) is 5.75 Å². The number of esters is 1. The molecular formula is C22H27NO6S. The molecule has 0 radical (unpaired) electrons. The number of hydrogen-bond acceptors (Lipinski definition) is 7. The molecule has 7 nitrogen and oxygen atoms in total. The number of aliphatic hydroxyl groups is 1. The van der Waals surface area contributed by atoms with Gasteiger partial charge >= 0.3 is 12.1 Å². The Hall–Kier alpha value is -2.71. The summed E-state index contributed by atoms with van der Waals surface area (Å²) in [5.74, 6) is 0.109. The number of ether oxygens (including phenoxy) is 3. The predicted molar refractivity (Wildman–Crippen MR) is 117 cm³/mol. The second-order valence-electron chi connectivity index (χ2n) is 6.60. The Balaban J connectivity index is 2.08. The largest absolute Gasteiger partial charge is 0.491 e. The summed E-state index contributed by atoms with van der Waals surface area (Å²) in [6.45, 7) is 2.25. The van der Waals surface area contributed by atoms with Crippen LogP contribution in [-0.2, 0) is 14.3 Å². The zero-order valence-electron chi connectivity index (χ0n) is 16.8. The molecule has 2 aromatic rings. The lowest BCUT2D eigenvalue weighted by molar-refractivity contribution is -0.141. The number of benzene rings is 2.